The first-order chi connectivity index (χ1) is 15.1. The van der Waals surface area contributed by atoms with Crippen LogP contribution in [0.25, 0.3) is 0 Å². The second kappa shape index (κ2) is 10.3. The van der Waals surface area contributed by atoms with Gasteiger partial charge in [0.25, 0.3) is 0 Å². The van der Waals surface area contributed by atoms with Crippen molar-refractivity contribution in [1.82, 2.24) is 19.6 Å². The monoisotopic (exact) mass is 429 g/mol. The molecule has 0 aromatic heterocycles. The summed E-state index contributed by atoms with van der Waals surface area (Å²) in [5.41, 5.74) is 1.20. The highest BCUT2D eigenvalue weighted by Gasteiger charge is 2.27. The Hall–Kier alpha value is -2.32. The van der Waals surface area contributed by atoms with Crippen molar-refractivity contribution in [2.75, 3.05) is 90.5 Å². The Balaban J connectivity index is 1.16. The van der Waals surface area contributed by atoms with E-state index in [1.54, 1.807) is 7.11 Å². The van der Waals surface area contributed by atoms with Crippen LogP contribution in [0.4, 0.5) is 5.69 Å². The number of piperazine rings is 2. The number of methoxy groups -OCH3 is 1. The lowest BCUT2D eigenvalue weighted by Crippen LogP contribution is -2.54. The normalized spacial score (nSPS) is 20.9. The molecule has 0 N–H and O–H groups in total. The standard InChI is InChI=1S/C23H35N5O3/c1-31-21-6-4-20(5-7-21)26-14-10-24(11-15-26)19-23(30)28-16-12-25(13-17-28)18-22(29)27-8-2-3-9-27/h4-7H,2-3,8-19H2,1H3. The molecular weight excluding hydrogens is 394 g/mol. The molecule has 31 heavy (non-hydrogen) atoms. The molecule has 1 aromatic carbocycles. The molecule has 0 atom stereocenters. The molecule has 3 heterocycles. The summed E-state index contributed by atoms with van der Waals surface area (Å²) in [5, 5.41) is 0. The average Bonchev–Trinajstić information content (AvgIpc) is 3.35. The topological polar surface area (TPSA) is 59.6 Å². The third kappa shape index (κ3) is 5.68. The molecule has 0 unspecified atom stereocenters. The molecule has 170 valence electrons. The fraction of sp³-hybridized carbons (Fsp3) is 0.652. The van der Waals surface area contributed by atoms with Gasteiger partial charge in [-0.3, -0.25) is 19.4 Å². The zero-order valence-corrected chi connectivity index (χ0v) is 18.7. The fourth-order valence-electron chi connectivity index (χ4n) is 4.66. The van der Waals surface area contributed by atoms with E-state index in [0.717, 1.165) is 84.0 Å². The minimum Gasteiger partial charge on any atom is -0.497 e. The number of benzene rings is 1. The highest BCUT2D eigenvalue weighted by atomic mass is 16.5. The van der Waals surface area contributed by atoms with Crippen LogP contribution in [0.1, 0.15) is 12.8 Å². The van der Waals surface area contributed by atoms with E-state index in [1.165, 1.54) is 5.69 Å². The third-order valence-corrected chi connectivity index (χ3v) is 6.71. The van der Waals surface area contributed by atoms with Crippen LogP contribution in [0.15, 0.2) is 24.3 Å². The van der Waals surface area contributed by atoms with Crippen LogP contribution in [0.5, 0.6) is 5.75 Å². The predicted molar refractivity (Wildman–Crippen MR) is 120 cm³/mol. The van der Waals surface area contributed by atoms with Gasteiger partial charge in [-0.1, -0.05) is 0 Å². The third-order valence-electron chi connectivity index (χ3n) is 6.71. The summed E-state index contributed by atoms with van der Waals surface area (Å²) in [6, 6.07) is 8.16. The Morgan fingerprint density at radius 1 is 0.710 bits per heavy atom. The summed E-state index contributed by atoms with van der Waals surface area (Å²) >= 11 is 0. The second-order valence-corrected chi connectivity index (χ2v) is 8.71. The number of anilines is 1. The molecule has 3 fully saturated rings. The van der Waals surface area contributed by atoms with Gasteiger partial charge in [0.2, 0.25) is 11.8 Å². The van der Waals surface area contributed by atoms with Gasteiger partial charge >= 0.3 is 0 Å². The van der Waals surface area contributed by atoms with E-state index in [-0.39, 0.29) is 11.8 Å². The molecule has 4 rings (SSSR count). The number of rotatable bonds is 6. The smallest absolute Gasteiger partial charge is 0.236 e. The Labute approximate surface area is 185 Å². The Morgan fingerprint density at radius 3 is 1.71 bits per heavy atom. The van der Waals surface area contributed by atoms with E-state index in [2.05, 4.69) is 26.8 Å². The van der Waals surface area contributed by atoms with Crippen LogP contribution in [0, 0.1) is 0 Å². The summed E-state index contributed by atoms with van der Waals surface area (Å²) in [7, 11) is 1.68. The lowest BCUT2D eigenvalue weighted by Gasteiger charge is -2.38. The second-order valence-electron chi connectivity index (χ2n) is 8.71. The molecule has 0 aliphatic carbocycles. The first-order valence-corrected chi connectivity index (χ1v) is 11.5. The van der Waals surface area contributed by atoms with Gasteiger partial charge in [0.15, 0.2) is 0 Å². The average molecular weight is 430 g/mol. The number of carbonyl (C=O) groups excluding carboxylic acids is 2. The van der Waals surface area contributed by atoms with Gasteiger partial charge in [-0.15, -0.1) is 0 Å². The Morgan fingerprint density at radius 2 is 1.19 bits per heavy atom. The van der Waals surface area contributed by atoms with Crippen molar-refractivity contribution in [2.24, 2.45) is 0 Å². The maximum Gasteiger partial charge on any atom is 0.236 e. The van der Waals surface area contributed by atoms with Crippen molar-refractivity contribution in [2.45, 2.75) is 12.8 Å². The van der Waals surface area contributed by atoms with Gasteiger partial charge in [0, 0.05) is 71.1 Å². The Kier molecular flexibility index (Phi) is 7.29. The van der Waals surface area contributed by atoms with Gasteiger partial charge in [-0.05, 0) is 37.1 Å². The number of ether oxygens (including phenoxy) is 1. The molecule has 0 spiro atoms. The van der Waals surface area contributed by atoms with E-state index in [1.807, 2.05) is 21.9 Å². The minimum atomic E-state index is 0.211. The highest BCUT2D eigenvalue weighted by Crippen LogP contribution is 2.20. The minimum absolute atomic E-state index is 0.211. The van der Waals surface area contributed by atoms with Crippen molar-refractivity contribution >= 4 is 17.5 Å². The predicted octanol–water partition coefficient (Wildman–Crippen LogP) is 0.584. The van der Waals surface area contributed by atoms with Crippen LogP contribution in [-0.4, -0.2) is 117 Å². The van der Waals surface area contributed by atoms with Crippen LogP contribution < -0.4 is 9.64 Å². The largest absolute Gasteiger partial charge is 0.497 e. The van der Waals surface area contributed by atoms with Crippen LogP contribution >= 0.6 is 0 Å². The lowest BCUT2D eigenvalue weighted by molar-refractivity contribution is -0.135. The van der Waals surface area contributed by atoms with Crippen LogP contribution in [0.3, 0.4) is 0 Å². The SMILES string of the molecule is COc1ccc(N2CCN(CC(=O)N3CCN(CC(=O)N4CCCC4)CC3)CC2)cc1. The molecule has 0 bridgehead atoms. The number of hydrogen-bond donors (Lipinski definition) is 0. The number of nitrogens with zero attached hydrogens (tertiary/aromatic N) is 5. The van der Waals surface area contributed by atoms with E-state index in [0.29, 0.717) is 13.1 Å². The number of amides is 2. The van der Waals surface area contributed by atoms with Crippen LogP contribution in [-0.2, 0) is 9.59 Å². The van der Waals surface area contributed by atoms with E-state index < -0.39 is 0 Å². The van der Waals surface area contributed by atoms with Crippen molar-refractivity contribution in [3.05, 3.63) is 24.3 Å². The van der Waals surface area contributed by atoms with Crippen molar-refractivity contribution in [1.29, 1.82) is 0 Å². The fourth-order valence-corrected chi connectivity index (χ4v) is 4.66. The van der Waals surface area contributed by atoms with Gasteiger partial charge in [-0.2, -0.15) is 0 Å². The molecule has 0 radical (unpaired) electrons. The van der Waals surface area contributed by atoms with Crippen molar-refractivity contribution < 1.29 is 14.3 Å². The molecule has 1 aromatic rings. The lowest BCUT2D eigenvalue weighted by atomic mass is 10.2. The molecule has 8 heteroatoms. The molecule has 3 aliphatic heterocycles. The molecule has 3 saturated heterocycles. The number of carbonyl (C=O) groups is 2. The molecule has 0 saturated carbocycles. The van der Waals surface area contributed by atoms with Gasteiger partial charge in [0.05, 0.1) is 20.2 Å². The van der Waals surface area contributed by atoms with E-state index in [4.69, 9.17) is 4.74 Å². The van der Waals surface area contributed by atoms with Crippen LogP contribution in [0.2, 0.25) is 0 Å². The van der Waals surface area contributed by atoms with Crippen molar-refractivity contribution in [3.63, 3.8) is 0 Å². The molecule has 2 amide bonds. The molecule has 8 nitrogen and oxygen atoms in total. The first-order valence-electron chi connectivity index (χ1n) is 11.5. The maximum atomic E-state index is 12.8. The highest BCUT2D eigenvalue weighted by molar-refractivity contribution is 5.79. The van der Waals surface area contributed by atoms with Gasteiger partial charge in [0.1, 0.15) is 5.75 Å². The quantitative estimate of drug-likeness (QED) is 0.660. The first kappa shape index (κ1) is 21.9. The van der Waals surface area contributed by atoms with Crippen molar-refractivity contribution in [3.8, 4) is 5.75 Å². The Bertz CT molecular complexity index is 734. The van der Waals surface area contributed by atoms with Gasteiger partial charge in [-0.25, -0.2) is 0 Å². The van der Waals surface area contributed by atoms with E-state index >= 15 is 0 Å². The summed E-state index contributed by atoms with van der Waals surface area (Å²) < 4.78 is 5.23. The molecular formula is C23H35N5O3. The summed E-state index contributed by atoms with van der Waals surface area (Å²) in [6.45, 7) is 9.44. The number of likely N-dealkylation sites (tertiary alicyclic amines) is 1. The number of hydrogen-bond acceptors (Lipinski definition) is 6. The summed E-state index contributed by atoms with van der Waals surface area (Å²) in [4.78, 5) is 35.9. The zero-order valence-electron chi connectivity index (χ0n) is 18.7. The summed E-state index contributed by atoms with van der Waals surface area (Å²) in [5.74, 6) is 1.32. The van der Waals surface area contributed by atoms with Gasteiger partial charge < -0.3 is 19.4 Å². The van der Waals surface area contributed by atoms with E-state index in [9.17, 15) is 9.59 Å². The zero-order chi connectivity index (χ0) is 21.6. The maximum absolute atomic E-state index is 12.8. The molecule has 3 aliphatic rings. The summed E-state index contributed by atoms with van der Waals surface area (Å²) in [6.07, 6.45) is 2.25.